The molecule has 32 heavy (non-hydrogen) atoms. The maximum Gasteiger partial charge on any atom is 0.141 e. The maximum absolute atomic E-state index is 13.1. The molecule has 0 saturated carbocycles. The lowest BCUT2D eigenvalue weighted by Gasteiger charge is -2.36. The number of aliphatic hydroxyl groups excluding tert-OH is 1. The van der Waals surface area contributed by atoms with Crippen molar-refractivity contribution in [1.29, 1.82) is 0 Å². The molecule has 2 aromatic carbocycles. The number of aromatic nitrogens is 1. The van der Waals surface area contributed by atoms with Gasteiger partial charge in [0.05, 0.1) is 18.3 Å². The van der Waals surface area contributed by atoms with Crippen LogP contribution >= 0.6 is 0 Å². The Morgan fingerprint density at radius 1 is 1.00 bits per heavy atom. The van der Waals surface area contributed by atoms with E-state index in [1.54, 1.807) is 12.1 Å². The summed E-state index contributed by atoms with van der Waals surface area (Å²) in [5.74, 6) is 1.24. The van der Waals surface area contributed by atoms with Gasteiger partial charge in [-0.3, -0.25) is 0 Å². The number of para-hydroxylation sites is 1. The van der Waals surface area contributed by atoms with Gasteiger partial charge in [-0.25, -0.2) is 4.39 Å². The molecule has 5 rings (SSSR count). The Hall–Kier alpha value is -2.63. The van der Waals surface area contributed by atoms with Gasteiger partial charge in [-0.15, -0.1) is 0 Å². The Morgan fingerprint density at radius 3 is 2.59 bits per heavy atom. The third-order valence-electron chi connectivity index (χ3n) is 6.99. The number of fused-ring (bicyclic) bond motifs is 2. The molecular formula is C27H31FN2O2. The maximum atomic E-state index is 13.1. The van der Waals surface area contributed by atoms with E-state index >= 15 is 0 Å². The fourth-order valence-electron chi connectivity index (χ4n) is 5.14. The molecule has 168 valence electrons. The summed E-state index contributed by atoms with van der Waals surface area (Å²) in [6.45, 7) is 3.96. The Labute approximate surface area is 189 Å². The number of likely N-dealkylation sites (tertiary alicyclic amines) is 1. The lowest BCUT2D eigenvalue weighted by atomic mass is 9.89. The minimum Gasteiger partial charge on any atom is -0.484 e. The highest BCUT2D eigenvalue weighted by Gasteiger charge is 2.33. The first-order chi connectivity index (χ1) is 15.7. The fraction of sp³-hybridized carbons (Fsp3) is 0.407. The van der Waals surface area contributed by atoms with Gasteiger partial charge in [0.15, 0.2) is 0 Å². The fourth-order valence-corrected chi connectivity index (χ4v) is 5.14. The van der Waals surface area contributed by atoms with Gasteiger partial charge in [-0.05, 0) is 81.2 Å². The van der Waals surface area contributed by atoms with Crippen molar-refractivity contribution in [2.75, 3.05) is 19.6 Å². The van der Waals surface area contributed by atoms with Crippen LogP contribution in [0.2, 0.25) is 0 Å². The zero-order valence-electron chi connectivity index (χ0n) is 18.4. The summed E-state index contributed by atoms with van der Waals surface area (Å²) in [7, 11) is 0. The molecule has 0 aliphatic carbocycles. The molecule has 0 amide bonds. The summed E-state index contributed by atoms with van der Waals surface area (Å²) in [5.41, 5.74) is 3.31. The van der Waals surface area contributed by atoms with Crippen molar-refractivity contribution in [3.63, 3.8) is 0 Å². The van der Waals surface area contributed by atoms with Crippen LogP contribution in [0.1, 0.15) is 54.7 Å². The van der Waals surface area contributed by atoms with Gasteiger partial charge >= 0.3 is 0 Å². The smallest absolute Gasteiger partial charge is 0.141 e. The van der Waals surface area contributed by atoms with Crippen LogP contribution in [0.15, 0.2) is 66.9 Å². The summed E-state index contributed by atoms with van der Waals surface area (Å²) in [5, 5.41) is 10.4. The molecule has 4 nitrogen and oxygen atoms in total. The third-order valence-corrected chi connectivity index (χ3v) is 6.99. The number of halogens is 1. The highest BCUT2D eigenvalue weighted by Crippen LogP contribution is 2.39. The second kappa shape index (κ2) is 9.47. The van der Waals surface area contributed by atoms with E-state index in [4.69, 9.17) is 4.74 Å². The summed E-state index contributed by atoms with van der Waals surface area (Å²) in [6.07, 6.45) is 5.57. The quantitative estimate of drug-likeness (QED) is 0.569. The van der Waals surface area contributed by atoms with E-state index < -0.39 is 6.10 Å². The zero-order chi connectivity index (χ0) is 21.9. The number of nitrogens with zero attached hydrogens (tertiary/aromatic N) is 2. The van der Waals surface area contributed by atoms with Crippen molar-refractivity contribution in [2.45, 2.75) is 44.4 Å². The Morgan fingerprint density at radius 2 is 1.78 bits per heavy atom. The van der Waals surface area contributed by atoms with Crippen LogP contribution in [0.25, 0.3) is 0 Å². The van der Waals surface area contributed by atoms with Crippen LogP contribution in [-0.2, 0) is 6.54 Å². The van der Waals surface area contributed by atoms with Crippen LogP contribution < -0.4 is 4.74 Å². The van der Waals surface area contributed by atoms with E-state index in [0.717, 1.165) is 56.8 Å². The first-order valence-electron chi connectivity index (χ1n) is 11.7. The molecule has 1 fully saturated rings. The van der Waals surface area contributed by atoms with Crippen LogP contribution in [0.3, 0.4) is 0 Å². The SMILES string of the molecule is OC(CCCN1CCC(C2Oc3ccccc3Cn3cccc32)CC1)c1ccc(F)cc1. The highest BCUT2D eigenvalue weighted by atomic mass is 19.1. The highest BCUT2D eigenvalue weighted by molar-refractivity contribution is 5.36. The van der Waals surface area contributed by atoms with Gasteiger partial charge in [0.25, 0.3) is 0 Å². The van der Waals surface area contributed by atoms with Gasteiger partial charge in [-0.2, -0.15) is 0 Å². The summed E-state index contributed by atoms with van der Waals surface area (Å²) >= 11 is 0. The lowest BCUT2D eigenvalue weighted by molar-refractivity contribution is 0.0713. The van der Waals surface area contributed by atoms with E-state index in [9.17, 15) is 9.50 Å². The minimum atomic E-state index is -0.527. The first-order valence-corrected chi connectivity index (χ1v) is 11.7. The predicted octanol–water partition coefficient (Wildman–Crippen LogP) is 5.33. The largest absolute Gasteiger partial charge is 0.484 e. The summed E-state index contributed by atoms with van der Waals surface area (Å²) in [6, 6.07) is 18.9. The molecule has 2 atom stereocenters. The molecule has 3 heterocycles. The molecule has 1 saturated heterocycles. The molecule has 1 N–H and O–H groups in total. The average Bonchev–Trinajstić information content (AvgIpc) is 3.21. The number of aliphatic hydroxyl groups is 1. The van der Waals surface area contributed by atoms with Crippen molar-refractivity contribution in [1.82, 2.24) is 9.47 Å². The predicted molar refractivity (Wildman–Crippen MR) is 123 cm³/mol. The lowest BCUT2D eigenvalue weighted by Crippen LogP contribution is -2.37. The van der Waals surface area contributed by atoms with Gasteiger partial charge in [0.1, 0.15) is 17.7 Å². The number of piperidine rings is 1. The van der Waals surface area contributed by atoms with Crippen molar-refractivity contribution < 1.29 is 14.2 Å². The van der Waals surface area contributed by atoms with Gasteiger partial charge in [0, 0.05) is 17.7 Å². The minimum absolute atomic E-state index is 0.0936. The number of hydrogen-bond acceptors (Lipinski definition) is 3. The van der Waals surface area contributed by atoms with Crippen LogP contribution in [-0.4, -0.2) is 34.2 Å². The Bertz CT molecular complexity index is 1020. The van der Waals surface area contributed by atoms with Crippen molar-refractivity contribution in [3.05, 3.63) is 89.5 Å². The van der Waals surface area contributed by atoms with Crippen LogP contribution in [0.5, 0.6) is 5.75 Å². The molecular weight excluding hydrogens is 403 g/mol. The van der Waals surface area contributed by atoms with Crippen molar-refractivity contribution >= 4 is 0 Å². The van der Waals surface area contributed by atoms with Crippen LogP contribution in [0, 0.1) is 11.7 Å². The van der Waals surface area contributed by atoms with E-state index in [-0.39, 0.29) is 11.9 Å². The Balaban J connectivity index is 1.15. The van der Waals surface area contributed by atoms with Crippen molar-refractivity contribution in [2.24, 2.45) is 5.92 Å². The molecule has 2 unspecified atom stereocenters. The molecule has 0 radical (unpaired) electrons. The van der Waals surface area contributed by atoms with Gasteiger partial charge in [0.2, 0.25) is 0 Å². The molecule has 2 aliphatic heterocycles. The standard InChI is InChI=1S/C27H31FN2O2/c28-23-11-9-20(10-12-23)25(31)7-4-15-29-17-13-21(14-18-29)27-24-6-3-16-30(24)19-22-5-1-2-8-26(22)32-27/h1-3,5-6,8-12,16,21,25,27,31H,4,7,13-15,17-19H2. The van der Waals surface area contributed by atoms with Crippen molar-refractivity contribution in [3.8, 4) is 5.75 Å². The molecule has 2 aliphatic rings. The van der Waals surface area contributed by atoms with E-state index in [1.165, 1.54) is 23.4 Å². The van der Waals surface area contributed by atoms with E-state index in [1.807, 2.05) is 0 Å². The third kappa shape index (κ3) is 4.59. The Kier molecular flexibility index (Phi) is 6.28. The number of benzene rings is 2. The van der Waals surface area contributed by atoms with Gasteiger partial charge < -0.3 is 19.3 Å². The topological polar surface area (TPSA) is 37.6 Å². The number of ether oxygens (including phenoxy) is 1. The van der Waals surface area contributed by atoms with Gasteiger partial charge in [-0.1, -0.05) is 30.3 Å². The first kappa shape index (κ1) is 21.2. The molecule has 1 aromatic heterocycles. The van der Waals surface area contributed by atoms with Crippen LogP contribution in [0.4, 0.5) is 4.39 Å². The number of rotatable bonds is 6. The van der Waals surface area contributed by atoms with E-state index in [0.29, 0.717) is 12.3 Å². The number of hydrogen-bond donors (Lipinski definition) is 1. The molecule has 3 aromatic rings. The monoisotopic (exact) mass is 434 g/mol. The normalized spacial score (nSPS) is 20.1. The van der Waals surface area contributed by atoms with E-state index in [2.05, 4.69) is 52.1 Å². The second-order valence-electron chi connectivity index (χ2n) is 9.10. The molecule has 5 heteroatoms. The zero-order valence-corrected chi connectivity index (χ0v) is 18.4. The molecule has 0 bridgehead atoms. The summed E-state index contributed by atoms with van der Waals surface area (Å²) < 4.78 is 22.0. The second-order valence-corrected chi connectivity index (χ2v) is 9.10. The molecule has 0 spiro atoms. The average molecular weight is 435 g/mol. The summed E-state index contributed by atoms with van der Waals surface area (Å²) in [4.78, 5) is 2.50.